The largest absolute Gasteiger partial charge is 0.334 e. The van der Waals surface area contributed by atoms with E-state index in [-0.39, 0.29) is 5.91 Å². The number of amides is 1. The van der Waals surface area contributed by atoms with Crippen molar-refractivity contribution >= 4 is 5.91 Å². The predicted molar refractivity (Wildman–Crippen MR) is 85.5 cm³/mol. The van der Waals surface area contributed by atoms with Crippen molar-refractivity contribution in [2.45, 2.75) is 45.1 Å². The molecule has 1 saturated heterocycles. The topological polar surface area (TPSA) is 32.3 Å². The Morgan fingerprint density at radius 1 is 1.29 bits per heavy atom. The van der Waals surface area contributed by atoms with E-state index in [4.69, 9.17) is 0 Å². The van der Waals surface area contributed by atoms with Crippen LogP contribution in [0, 0.1) is 5.92 Å². The molecular formula is C18H26N2O. The number of nitrogens with one attached hydrogen (secondary N) is 1. The van der Waals surface area contributed by atoms with Gasteiger partial charge < -0.3 is 10.2 Å². The molecule has 0 spiro atoms. The SMILES string of the molecule is CCc1ccccc1C(=O)N(CC1CCC1)[C@H]1CCNC1. The molecule has 21 heavy (non-hydrogen) atoms. The molecule has 114 valence electrons. The lowest BCUT2D eigenvalue weighted by atomic mass is 9.84. The van der Waals surface area contributed by atoms with E-state index in [9.17, 15) is 4.79 Å². The molecule has 1 amide bonds. The van der Waals surface area contributed by atoms with Gasteiger partial charge in [-0.15, -0.1) is 0 Å². The molecule has 1 N–H and O–H groups in total. The summed E-state index contributed by atoms with van der Waals surface area (Å²) in [5.74, 6) is 0.969. The average molecular weight is 286 g/mol. The maximum absolute atomic E-state index is 13.1. The smallest absolute Gasteiger partial charge is 0.254 e. The van der Waals surface area contributed by atoms with Gasteiger partial charge in [0.15, 0.2) is 0 Å². The molecule has 2 aliphatic rings. The third-order valence-electron chi connectivity index (χ3n) is 5.04. The normalized spacial score (nSPS) is 22.0. The Hall–Kier alpha value is -1.35. The van der Waals surface area contributed by atoms with Crippen LogP contribution < -0.4 is 5.32 Å². The first-order chi connectivity index (χ1) is 10.3. The molecule has 1 aromatic carbocycles. The summed E-state index contributed by atoms with van der Waals surface area (Å²) in [4.78, 5) is 15.3. The van der Waals surface area contributed by atoms with Gasteiger partial charge in [-0.25, -0.2) is 0 Å². The third-order valence-corrected chi connectivity index (χ3v) is 5.04. The molecular weight excluding hydrogens is 260 g/mol. The standard InChI is InChI=1S/C18H26N2O/c1-2-15-8-3-4-9-17(15)18(21)20(13-14-6-5-7-14)16-10-11-19-12-16/h3-4,8-9,14,16,19H,2,5-7,10-13H2,1H3/t16-/m0/s1. The van der Waals surface area contributed by atoms with Gasteiger partial charge in [0.05, 0.1) is 0 Å². The van der Waals surface area contributed by atoms with Gasteiger partial charge in [-0.3, -0.25) is 4.79 Å². The Morgan fingerprint density at radius 2 is 2.10 bits per heavy atom. The van der Waals surface area contributed by atoms with E-state index in [2.05, 4.69) is 23.2 Å². The van der Waals surface area contributed by atoms with Gasteiger partial charge >= 0.3 is 0 Å². The number of benzene rings is 1. The summed E-state index contributed by atoms with van der Waals surface area (Å²) in [6.45, 7) is 5.06. The fourth-order valence-corrected chi connectivity index (χ4v) is 3.45. The van der Waals surface area contributed by atoms with Crippen LogP contribution in [0.25, 0.3) is 0 Å². The van der Waals surface area contributed by atoms with Crippen LogP contribution in [0.3, 0.4) is 0 Å². The molecule has 0 unspecified atom stereocenters. The molecule has 1 atom stereocenters. The number of carbonyl (C=O) groups is 1. The van der Waals surface area contributed by atoms with Crippen molar-refractivity contribution in [3.8, 4) is 0 Å². The highest BCUT2D eigenvalue weighted by molar-refractivity contribution is 5.96. The van der Waals surface area contributed by atoms with Crippen LogP contribution in [0.4, 0.5) is 0 Å². The Balaban J connectivity index is 1.81. The van der Waals surface area contributed by atoms with Gasteiger partial charge in [0, 0.05) is 24.7 Å². The van der Waals surface area contributed by atoms with Crippen molar-refractivity contribution in [1.82, 2.24) is 10.2 Å². The molecule has 0 bridgehead atoms. The van der Waals surface area contributed by atoms with Crippen LogP contribution in [0.1, 0.15) is 48.5 Å². The Morgan fingerprint density at radius 3 is 2.71 bits per heavy atom. The Bertz CT molecular complexity index is 490. The molecule has 0 aromatic heterocycles. The molecule has 1 aliphatic carbocycles. The fraction of sp³-hybridized carbons (Fsp3) is 0.611. The molecule has 1 heterocycles. The minimum absolute atomic E-state index is 0.244. The van der Waals surface area contributed by atoms with E-state index in [0.717, 1.165) is 44.0 Å². The number of aryl methyl sites for hydroxylation is 1. The van der Waals surface area contributed by atoms with E-state index in [1.807, 2.05) is 18.2 Å². The van der Waals surface area contributed by atoms with Crippen LogP contribution in [0.2, 0.25) is 0 Å². The van der Waals surface area contributed by atoms with E-state index < -0.39 is 0 Å². The highest BCUT2D eigenvalue weighted by Crippen LogP contribution is 2.29. The fourth-order valence-electron chi connectivity index (χ4n) is 3.45. The van der Waals surface area contributed by atoms with Crippen LogP contribution in [0.15, 0.2) is 24.3 Å². The zero-order valence-electron chi connectivity index (χ0n) is 13.0. The molecule has 3 nitrogen and oxygen atoms in total. The first-order valence-electron chi connectivity index (χ1n) is 8.39. The van der Waals surface area contributed by atoms with E-state index in [1.165, 1.54) is 24.8 Å². The summed E-state index contributed by atoms with van der Waals surface area (Å²) in [7, 11) is 0. The van der Waals surface area contributed by atoms with E-state index in [0.29, 0.717) is 6.04 Å². The highest BCUT2D eigenvalue weighted by Gasteiger charge is 2.31. The average Bonchev–Trinajstić information content (AvgIpc) is 2.99. The van der Waals surface area contributed by atoms with Crippen molar-refractivity contribution in [1.29, 1.82) is 0 Å². The molecule has 1 aromatic rings. The molecule has 3 heteroatoms. The molecule has 3 rings (SSSR count). The van der Waals surface area contributed by atoms with Gasteiger partial charge in [-0.05, 0) is 49.8 Å². The minimum atomic E-state index is 0.244. The van der Waals surface area contributed by atoms with Gasteiger partial charge in [0.1, 0.15) is 0 Å². The zero-order valence-corrected chi connectivity index (χ0v) is 13.0. The van der Waals surface area contributed by atoms with Crippen molar-refractivity contribution in [2.75, 3.05) is 19.6 Å². The van der Waals surface area contributed by atoms with E-state index >= 15 is 0 Å². The summed E-state index contributed by atoms with van der Waals surface area (Å²) in [6, 6.07) is 8.48. The molecule has 2 fully saturated rings. The second-order valence-electron chi connectivity index (χ2n) is 6.41. The molecule has 1 saturated carbocycles. The van der Waals surface area contributed by atoms with Gasteiger partial charge in [0.2, 0.25) is 0 Å². The Kier molecular flexibility index (Phi) is 4.59. The van der Waals surface area contributed by atoms with E-state index in [1.54, 1.807) is 0 Å². The van der Waals surface area contributed by atoms with Gasteiger partial charge in [0.25, 0.3) is 5.91 Å². The first kappa shape index (κ1) is 14.6. The number of hydrogen-bond donors (Lipinski definition) is 1. The summed E-state index contributed by atoms with van der Waals surface area (Å²) < 4.78 is 0. The number of nitrogens with zero attached hydrogens (tertiary/aromatic N) is 1. The number of rotatable bonds is 5. The van der Waals surface area contributed by atoms with Crippen molar-refractivity contribution < 1.29 is 4.79 Å². The summed E-state index contributed by atoms with van der Waals surface area (Å²) in [5.41, 5.74) is 2.08. The quantitative estimate of drug-likeness (QED) is 0.902. The van der Waals surface area contributed by atoms with Crippen LogP contribution in [-0.4, -0.2) is 36.5 Å². The Labute approximate surface area is 127 Å². The zero-order chi connectivity index (χ0) is 14.7. The third kappa shape index (κ3) is 3.13. The van der Waals surface area contributed by atoms with Gasteiger partial charge in [-0.1, -0.05) is 31.5 Å². The highest BCUT2D eigenvalue weighted by atomic mass is 16.2. The van der Waals surface area contributed by atoms with Crippen LogP contribution in [0.5, 0.6) is 0 Å². The first-order valence-corrected chi connectivity index (χ1v) is 8.39. The maximum Gasteiger partial charge on any atom is 0.254 e. The van der Waals surface area contributed by atoms with Crippen LogP contribution >= 0.6 is 0 Å². The van der Waals surface area contributed by atoms with Crippen molar-refractivity contribution in [2.24, 2.45) is 5.92 Å². The van der Waals surface area contributed by atoms with Crippen LogP contribution in [-0.2, 0) is 6.42 Å². The minimum Gasteiger partial charge on any atom is -0.334 e. The maximum atomic E-state index is 13.1. The summed E-state index contributed by atoms with van der Waals surface area (Å²) in [6.07, 6.45) is 5.93. The predicted octanol–water partition coefficient (Wildman–Crippen LogP) is 2.85. The number of hydrogen-bond acceptors (Lipinski definition) is 2. The lowest BCUT2D eigenvalue weighted by Crippen LogP contribution is -2.45. The monoisotopic (exact) mass is 286 g/mol. The second-order valence-corrected chi connectivity index (χ2v) is 6.41. The molecule has 1 aliphatic heterocycles. The lowest BCUT2D eigenvalue weighted by Gasteiger charge is -2.36. The van der Waals surface area contributed by atoms with Gasteiger partial charge in [-0.2, -0.15) is 0 Å². The molecule has 0 radical (unpaired) electrons. The summed E-state index contributed by atoms with van der Waals surface area (Å²) in [5, 5.41) is 3.40. The lowest BCUT2D eigenvalue weighted by molar-refractivity contribution is 0.0614. The number of carbonyl (C=O) groups excluding carboxylic acids is 1. The van der Waals surface area contributed by atoms with Crippen molar-refractivity contribution in [3.63, 3.8) is 0 Å². The second kappa shape index (κ2) is 6.61. The van der Waals surface area contributed by atoms with Crippen molar-refractivity contribution in [3.05, 3.63) is 35.4 Å². The summed E-state index contributed by atoms with van der Waals surface area (Å²) >= 11 is 0.